The van der Waals surface area contributed by atoms with Gasteiger partial charge in [0.15, 0.2) is 6.10 Å². The van der Waals surface area contributed by atoms with Crippen molar-refractivity contribution >= 4 is 21.6 Å². The number of aryl methyl sites for hydroxylation is 1. The van der Waals surface area contributed by atoms with Crippen LogP contribution in [0.25, 0.3) is 0 Å². The maximum Gasteiger partial charge on any atom is 0.261 e. The van der Waals surface area contributed by atoms with Crippen LogP contribution in [0.4, 0.5) is 5.69 Å². The Bertz CT molecular complexity index is 820. The highest BCUT2D eigenvalue weighted by Gasteiger charge is 2.18. The third-order valence-electron chi connectivity index (χ3n) is 4.09. The number of nitrogens with one attached hydrogen (secondary N) is 1. The number of amides is 1. The first kappa shape index (κ1) is 20.8. The molecule has 1 aromatic heterocycles. The van der Waals surface area contributed by atoms with Crippen molar-refractivity contribution in [2.45, 2.75) is 32.4 Å². The van der Waals surface area contributed by atoms with E-state index < -0.39 is 16.1 Å². The largest absolute Gasteiger partial charge is 0.481 e. The molecule has 0 aliphatic heterocycles. The maximum absolute atomic E-state index is 12.3. The molecule has 0 saturated carbocycles. The number of aromatic nitrogens is 2. The van der Waals surface area contributed by atoms with Crippen LogP contribution in [-0.4, -0.2) is 49.8 Å². The van der Waals surface area contributed by atoms with Crippen molar-refractivity contribution < 1.29 is 17.9 Å². The van der Waals surface area contributed by atoms with Crippen LogP contribution >= 0.6 is 0 Å². The van der Waals surface area contributed by atoms with Gasteiger partial charge in [-0.25, -0.2) is 13.4 Å². The summed E-state index contributed by atoms with van der Waals surface area (Å²) in [6.45, 7) is 3.21. The van der Waals surface area contributed by atoms with Crippen molar-refractivity contribution in [3.05, 3.63) is 43.0 Å². The molecule has 0 unspecified atom stereocenters. The number of hydrogen-bond donors (Lipinski definition) is 1. The molecule has 9 heteroatoms. The Balaban J connectivity index is 1.85. The Hall–Kier alpha value is -2.55. The molecule has 8 nitrogen and oxygen atoms in total. The number of ether oxygens (including phenoxy) is 1. The highest BCUT2D eigenvalue weighted by molar-refractivity contribution is 7.92. The second kappa shape index (κ2) is 9.40. The molecule has 0 fully saturated rings. The predicted molar refractivity (Wildman–Crippen MR) is 104 cm³/mol. The summed E-state index contributed by atoms with van der Waals surface area (Å²) in [4.78, 5) is 16.3. The molecule has 0 bridgehead atoms. The second-order valence-electron chi connectivity index (χ2n) is 6.18. The zero-order valence-corrected chi connectivity index (χ0v) is 16.6. The summed E-state index contributed by atoms with van der Waals surface area (Å²) in [7, 11) is -1.83. The van der Waals surface area contributed by atoms with E-state index in [1.54, 1.807) is 36.8 Å². The van der Waals surface area contributed by atoms with Gasteiger partial charge < -0.3 is 14.6 Å². The Labute approximate surface area is 160 Å². The van der Waals surface area contributed by atoms with Crippen LogP contribution in [0.1, 0.15) is 19.8 Å². The quantitative estimate of drug-likeness (QED) is 0.619. The topological polar surface area (TPSA) is 93.5 Å². The van der Waals surface area contributed by atoms with E-state index >= 15 is 0 Å². The minimum atomic E-state index is -3.32. The number of carbonyl (C=O) groups is 1. The summed E-state index contributed by atoms with van der Waals surface area (Å²) in [6, 6.07) is 6.61. The van der Waals surface area contributed by atoms with Crippen molar-refractivity contribution in [3.8, 4) is 5.75 Å². The number of hydrogen-bond acceptors (Lipinski definition) is 5. The van der Waals surface area contributed by atoms with Crippen molar-refractivity contribution in [1.29, 1.82) is 0 Å². The first-order valence-electron chi connectivity index (χ1n) is 8.75. The van der Waals surface area contributed by atoms with Gasteiger partial charge in [-0.05, 0) is 37.1 Å². The summed E-state index contributed by atoms with van der Waals surface area (Å²) in [5.74, 6) is 0.349. The normalized spacial score (nSPS) is 12.4. The third-order valence-corrected chi connectivity index (χ3v) is 5.30. The summed E-state index contributed by atoms with van der Waals surface area (Å²) in [6.07, 6.45) is 7.20. The van der Waals surface area contributed by atoms with Crippen molar-refractivity contribution in [3.63, 3.8) is 0 Å². The van der Waals surface area contributed by atoms with Gasteiger partial charge in [0.05, 0.1) is 18.3 Å². The molecule has 2 aromatic rings. The number of rotatable bonds is 10. The number of benzene rings is 1. The van der Waals surface area contributed by atoms with Gasteiger partial charge in [-0.3, -0.25) is 9.10 Å². The van der Waals surface area contributed by atoms with E-state index in [4.69, 9.17) is 4.74 Å². The van der Waals surface area contributed by atoms with Crippen LogP contribution in [-0.2, 0) is 21.4 Å². The van der Waals surface area contributed by atoms with Gasteiger partial charge in [-0.15, -0.1) is 0 Å². The van der Waals surface area contributed by atoms with E-state index in [-0.39, 0.29) is 5.91 Å². The molecule has 1 atom stereocenters. The van der Waals surface area contributed by atoms with Gasteiger partial charge >= 0.3 is 0 Å². The number of nitrogens with zero attached hydrogens (tertiary/aromatic N) is 3. The fraction of sp³-hybridized carbons (Fsp3) is 0.444. The van der Waals surface area contributed by atoms with Gasteiger partial charge in [0, 0.05) is 32.5 Å². The number of sulfonamides is 1. The van der Waals surface area contributed by atoms with E-state index in [1.165, 1.54) is 11.4 Å². The van der Waals surface area contributed by atoms with Gasteiger partial charge in [0.25, 0.3) is 5.91 Å². The monoisotopic (exact) mass is 394 g/mol. The van der Waals surface area contributed by atoms with Gasteiger partial charge in [-0.1, -0.05) is 6.92 Å². The molecule has 27 heavy (non-hydrogen) atoms. The summed E-state index contributed by atoms with van der Waals surface area (Å²) < 4.78 is 32.0. The zero-order valence-electron chi connectivity index (χ0n) is 15.8. The van der Waals surface area contributed by atoms with Crippen LogP contribution in [0.2, 0.25) is 0 Å². The van der Waals surface area contributed by atoms with E-state index in [1.807, 2.05) is 17.7 Å². The Morgan fingerprint density at radius 1 is 1.33 bits per heavy atom. The van der Waals surface area contributed by atoms with E-state index in [2.05, 4.69) is 10.3 Å². The summed E-state index contributed by atoms with van der Waals surface area (Å²) >= 11 is 0. The lowest BCUT2D eigenvalue weighted by molar-refractivity contribution is -0.128. The first-order valence-corrected chi connectivity index (χ1v) is 10.6. The van der Waals surface area contributed by atoms with E-state index in [0.29, 0.717) is 24.4 Å². The van der Waals surface area contributed by atoms with E-state index in [9.17, 15) is 13.2 Å². The van der Waals surface area contributed by atoms with E-state index in [0.717, 1.165) is 19.2 Å². The third kappa shape index (κ3) is 6.28. The second-order valence-corrected chi connectivity index (χ2v) is 8.20. The van der Waals surface area contributed by atoms with Crippen LogP contribution in [0, 0.1) is 0 Å². The standard InChI is InChI=1S/C18H26N4O4S/c1-4-17(18(23)20-10-5-12-22-13-11-19-14-22)26-16-8-6-15(7-9-16)21(2)27(3,24)25/h6-9,11,13-14,17H,4-5,10,12H2,1-3H3,(H,20,23)/t17-/m1/s1. The molecule has 0 aliphatic carbocycles. The average Bonchev–Trinajstić information content (AvgIpc) is 3.15. The van der Waals surface area contributed by atoms with Crippen molar-refractivity contribution in [1.82, 2.24) is 14.9 Å². The van der Waals surface area contributed by atoms with Gasteiger partial charge in [0.1, 0.15) is 5.75 Å². The fourth-order valence-corrected chi connectivity index (χ4v) is 2.92. The summed E-state index contributed by atoms with van der Waals surface area (Å²) in [5.41, 5.74) is 0.529. The minimum Gasteiger partial charge on any atom is -0.481 e. The zero-order chi connectivity index (χ0) is 19.9. The predicted octanol–water partition coefficient (Wildman–Crippen LogP) is 1.64. The van der Waals surface area contributed by atoms with Crippen LogP contribution < -0.4 is 14.4 Å². The lowest BCUT2D eigenvalue weighted by Crippen LogP contribution is -2.38. The molecule has 1 aromatic carbocycles. The maximum atomic E-state index is 12.3. The fourth-order valence-electron chi connectivity index (χ4n) is 2.42. The molecule has 0 saturated heterocycles. The van der Waals surface area contributed by atoms with Crippen molar-refractivity contribution in [2.24, 2.45) is 0 Å². The molecular formula is C18H26N4O4S. The molecule has 0 aliphatic rings. The molecular weight excluding hydrogens is 368 g/mol. The molecule has 1 heterocycles. The SMILES string of the molecule is CC[C@@H](Oc1ccc(N(C)S(C)(=O)=O)cc1)C(=O)NCCCn1ccnc1. The highest BCUT2D eigenvalue weighted by atomic mass is 32.2. The number of anilines is 1. The molecule has 0 radical (unpaired) electrons. The highest BCUT2D eigenvalue weighted by Crippen LogP contribution is 2.21. The Morgan fingerprint density at radius 3 is 2.59 bits per heavy atom. The lowest BCUT2D eigenvalue weighted by Gasteiger charge is -2.19. The molecule has 1 N–H and O–H groups in total. The Morgan fingerprint density at radius 2 is 2.04 bits per heavy atom. The molecule has 2 rings (SSSR count). The molecule has 148 valence electrons. The molecule has 1 amide bonds. The minimum absolute atomic E-state index is 0.166. The number of imidazole rings is 1. The summed E-state index contributed by atoms with van der Waals surface area (Å²) in [5, 5.41) is 2.88. The van der Waals surface area contributed by atoms with Gasteiger partial charge in [0.2, 0.25) is 10.0 Å². The van der Waals surface area contributed by atoms with Gasteiger partial charge in [-0.2, -0.15) is 0 Å². The smallest absolute Gasteiger partial charge is 0.261 e. The van der Waals surface area contributed by atoms with Crippen LogP contribution in [0.3, 0.4) is 0 Å². The number of carbonyl (C=O) groups excluding carboxylic acids is 1. The average molecular weight is 394 g/mol. The first-order chi connectivity index (χ1) is 12.8. The lowest BCUT2D eigenvalue weighted by atomic mass is 10.2. The van der Waals surface area contributed by atoms with Crippen LogP contribution in [0.15, 0.2) is 43.0 Å². The van der Waals surface area contributed by atoms with Crippen molar-refractivity contribution in [2.75, 3.05) is 24.2 Å². The van der Waals surface area contributed by atoms with Crippen LogP contribution in [0.5, 0.6) is 5.75 Å². The Kier molecular flexibility index (Phi) is 7.23. The molecule has 0 spiro atoms.